The van der Waals surface area contributed by atoms with Crippen molar-refractivity contribution in [2.75, 3.05) is 24.7 Å². The predicted molar refractivity (Wildman–Crippen MR) is 53.9 cm³/mol. The molecule has 0 aliphatic rings. The van der Waals surface area contributed by atoms with Gasteiger partial charge in [0.2, 0.25) is 0 Å². The van der Waals surface area contributed by atoms with Gasteiger partial charge in [-0.1, -0.05) is 0 Å². The van der Waals surface area contributed by atoms with Gasteiger partial charge in [0.1, 0.15) is 0 Å². The number of aliphatic hydroxyl groups excluding tert-OH is 4. The number of aliphatic hydroxyl groups is 4. The Labute approximate surface area is 83.1 Å². The summed E-state index contributed by atoms with van der Waals surface area (Å²) in [5, 5.41) is 32.8. The van der Waals surface area contributed by atoms with Crippen LogP contribution in [0.15, 0.2) is 0 Å². The van der Waals surface area contributed by atoms with Crippen LogP contribution in [-0.2, 0) is 0 Å². The maximum Gasteiger partial charge on any atom is 0.0858 e. The molecule has 2 atom stereocenters. The summed E-state index contributed by atoms with van der Waals surface area (Å²) in [6, 6.07) is 0. The second-order valence-corrected chi connectivity index (χ2v) is 2.77. The van der Waals surface area contributed by atoms with Crippen LogP contribution in [0.4, 0.5) is 0 Å². The van der Waals surface area contributed by atoms with Gasteiger partial charge in [-0.3, -0.25) is 0 Å². The highest BCUT2D eigenvalue weighted by atomic mass is 32.1. The lowest BCUT2D eigenvalue weighted by Gasteiger charge is -1.96. The first-order valence-electron chi connectivity index (χ1n) is 3.41. The van der Waals surface area contributed by atoms with E-state index in [1.807, 2.05) is 0 Å². The van der Waals surface area contributed by atoms with Crippen LogP contribution >= 0.6 is 25.3 Å². The Hall–Kier alpha value is 0.540. The van der Waals surface area contributed by atoms with Crippen LogP contribution in [0.5, 0.6) is 0 Å². The summed E-state index contributed by atoms with van der Waals surface area (Å²) in [5.41, 5.74) is 0. The van der Waals surface area contributed by atoms with Crippen LogP contribution in [0.1, 0.15) is 0 Å². The molecule has 0 aliphatic carbocycles. The van der Waals surface area contributed by atoms with Crippen LogP contribution < -0.4 is 0 Å². The Morgan fingerprint density at radius 3 is 1.08 bits per heavy atom. The van der Waals surface area contributed by atoms with Gasteiger partial charge in [0.05, 0.1) is 25.4 Å². The third-order valence-electron chi connectivity index (χ3n) is 0.843. The van der Waals surface area contributed by atoms with Crippen molar-refractivity contribution < 1.29 is 20.4 Å². The van der Waals surface area contributed by atoms with Crippen molar-refractivity contribution >= 4 is 25.3 Å². The Kier molecular flexibility index (Phi) is 14.5. The van der Waals surface area contributed by atoms with Crippen LogP contribution in [0, 0.1) is 0 Å². The Morgan fingerprint density at radius 1 is 0.833 bits per heavy atom. The maximum atomic E-state index is 8.34. The topological polar surface area (TPSA) is 80.9 Å². The van der Waals surface area contributed by atoms with E-state index in [0.29, 0.717) is 11.5 Å². The third-order valence-corrected chi connectivity index (χ3v) is 1.69. The van der Waals surface area contributed by atoms with E-state index in [1.54, 1.807) is 0 Å². The Morgan fingerprint density at radius 2 is 1.08 bits per heavy atom. The number of hydrogen-bond acceptors (Lipinski definition) is 6. The van der Waals surface area contributed by atoms with Gasteiger partial charge in [0, 0.05) is 11.5 Å². The van der Waals surface area contributed by atoms with Gasteiger partial charge in [0.25, 0.3) is 0 Å². The Bertz CT molecular complexity index is 65.9. The molecule has 76 valence electrons. The lowest BCUT2D eigenvalue weighted by Crippen LogP contribution is -2.12. The smallest absolute Gasteiger partial charge is 0.0858 e. The molecule has 0 amide bonds. The molecule has 0 fully saturated rings. The molecule has 0 saturated heterocycles. The largest absolute Gasteiger partial charge is 0.394 e. The van der Waals surface area contributed by atoms with Gasteiger partial charge in [0.15, 0.2) is 0 Å². The van der Waals surface area contributed by atoms with E-state index in [-0.39, 0.29) is 13.2 Å². The third kappa shape index (κ3) is 13.2. The molecular weight excluding hydrogens is 200 g/mol. The van der Waals surface area contributed by atoms with E-state index in [9.17, 15) is 0 Å². The zero-order chi connectivity index (χ0) is 9.98. The number of rotatable bonds is 4. The second kappa shape index (κ2) is 11.5. The van der Waals surface area contributed by atoms with Crippen molar-refractivity contribution in [1.82, 2.24) is 0 Å². The monoisotopic (exact) mass is 216 g/mol. The first kappa shape index (κ1) is 15.0. The fraction of sp³-hybridized carbons (Fsp3) is 1.00. The van der Waals surface area contributed by atoms with Crippen LogP contribution in [0.3, 0.4) is 0 Å². The van der Waals surface area contributed by atoms with Gasteiger partial charge in [-0.15, -0.1) is 0 Å². The van der Waals surface area contributed by atoms with Gasteiger partial charge >= 0.3 is 0 Å². The lowest BCUT2D eigenvalue weighted by atomic mass is 10.4. The molecule has 0 saturated carbocycles. The molecule has 0 radical (unpaired) electrons. The van der Waals surface area contributed by atoms with Crippen molar-refractivity contribution in [1.29, 1.82) is 0 Å². The van der Waals surface area contributed by atoms with Crippen molar-refractivity contribution in [3.05, 3.63) is 0 Å². The predicted octanol–water partition coefficient (Wildman–Crippen LogP) is -1.46. The molecule has 0 rings (SSSR count). The standard InChI is InChI=1S/2C3H8O2S/c2*4-1-3(5)2-6/h2*3-6H,1-2H2. The molecule has 2 unspecified atom stereocenters. The van der Waals surface area contributed by atoms with Crippen molar-refractivity contribution in [2.24, 2.45) is 0 Å². The molecule has 0 aromatic carbocycles. The van der Waals surface area contributed by atoms with Crippen molar-refractivity contribution in [2.45, 2.75) is 12.2 Å². The number of thiol groups is 2. The van der Waals surface area contributed by atoms with Gasteiger partial charge in [-0.05, 0) is 0 Å². The van der Waals surface area contributed by atoms with E-state index < -0.39 is 12.2 Å². The molecule has 0 aliphatic heterocycles. The summed E-state index contributed by atoms with van der Waals surface area (Å²) in [4.78, 5) is 0. The highest BCUT2D eigenvalue weighted by molar-refractivity contribution is 7.80. The summed E-state index contributed by atoms with van der Waals surface area (Å²) in [6.45, 7) is -0.382. The van der Waals surface area contributed by atoms with Crippen molar-refractivity contribution in [3.8, 4) is 0 Å². The van der Waals surface area contributed by atoms with Crippen molar-refractivity contribution in [3.63, 3.8) is 0 Å². The summed E-state index contributed by atoms with van der Waals surface area (Å²) >= 11 is 7.37. The van der Waals surface area contributed by atoms with Gasteiger partial charge in [-0.2, -0.15) is 25.3 Å². The summed E-state index contributed by atoms with van der Waals surface area (Å²) in [7, 11) is 0. The minimum Gasteiger partial charge on any atom is -0.394 e. The molecular formula is C6H16O4S2. The average molecular weight is 216 g/mol. The van der Waals surface area contributed by atoms with E-state index >= 15 is 0 Å². The van der Waals surface area contributed by atoms with E-state index in [1.165, 1.54) is 0 Å². The molecule has 4 nitrogen and oxygen atoms in total. The zero-order valence-corrected chi connectivity index (χ0v) is 8.46. The van der Waals surface area contributed by atoms with Gasteiger partial charge < -0.3 is 20.4 Å². The summed E-state index contributed by atoms with van der Waals surface area (Å²) in [5.74, 6) is 0.660. The molecule has 6 heteroatoms. The van der Waals surface area contributed by atoms with E-state index in [0.717, 1.165) is 0 Å². The first-order chi connectivity index (χ1) is 5.62. The maximum absolute atomic E-state index is 8.34. The highest BCUT2D eigenvalue weighted by Crippen LogP contribution is 1.81. The molecule has 0 aromatic rings. The fourth-order valence-electron chi connectivity index (χ4n) is 0.115. The highest BCUT2D eigenvalue weighted by Gasteiger charge is 1.93. The quantitative estimate of drug-likeness (QED) is 0.325. The second-order valence-electron chi connectivity index (χ2n) is 2.04. The molecule has 0 heterocycles. The normalized spacial score (nSPS) is 14.5. The minimum atomic E-state index is -0.645. The van der Waals surface area contributed by atoms with E-state index in [2.05, 4.69) is 25.3 Å². The van der Waals surface area contributed by atoms with Crippen LogP contribution in [-0.4, -0.2) is 57.4 Å². The van der Waals surface area contributed by atoms with Crippen LogP contribution in [0.2, 0.25) is 0 Å². The molecule has 0 bridgehead atoms. The SMILES string of the molecule is OCC(O)CS.OCC(O)CS. The molecule has 4 N–H and O–H groups in total. The Balaban J connectivity index is 0. The molecule has 0 aromatic heterocycles. The summed E-state index contributed by atoms with van der Waals surface area (Å²) < 4.78 is 0. The fourth-order valence-corrected chi connectivity index (χ4v) is 0.346. The van der Waals surface area contributed by atoms with E-state index in [4.69, 9.17) is 20.4 Å². The first-order valence-corrected chi connectivity index (χ1v) is 4.68. The molecule has 12 heavy (non-hydrogen) atoms. The zero-order valence-electron chi connectivity index (χ0n) is 6.67. The molecule has 0 spiro atoms. The lowest BCUT2D eigenvalue weighted by molar-refractivity contribution is 0.114. The summed E-state index contributed by atoms with van der Waals surface area (Å²) in [6.07, 6.45) is -1.29. The average Bonchev–Trinajstić information content (AvgIpc) is 2.16. The minimum absolute atomic E-state index is 0.191. The van der Waals surface area contributed by atoms with Gasteiger partial charge in [-0.25, -0.2) is 0 Å². The number of hydrogen-bond donors (Lipinski definition) is 6. The van der Waals surface area contributed by atoms with Crippen LogP contribution in [0.25, 0.3) is 0 Å².